The van der Waals surface area contributed by atoms with E-state index in [1.165, 1.54) is 10.9 Å². The van der Waals surface area contributed by atoms with E-state index in [2.05, 4.69) is 20.3 Å². The molecule has 2 aromatic heterocycles. The molecule has 0 fully saturated rings. The third-order valence-corrected chi connectivity index (χ3v) is 2.58. The van der Waals surface area contributed by atoms with E-state index in [9.17, 15) is 9.90 Å². The minimum atomic E-state index is -0.707. The molecule has 104 valence electrons. The Morgan fingerprint density at radius 1 is 1.58 bits per heavy atom. The van der Waals surface area contributed by atoms with Crippen molar-refractivity contribution in [1.29, 1.82) is 0 Å². The van der Waals surface area contributed by atoms with E-state index < -0.39 is 11.7 Å². The number of rotatable bonds is 6. The fraction of sp³-hybridized carbons (Fsp3) is 0.500. The van der Waals surface area contributed by atoms with Gasteiger partial charge in [-0.3, -0.25) is 9.78 Å². The number of imidazole rings is 1. The lowest BCUT2D eigenvalue weighted by molar-refractivity contribution is 0.150. The van der Waals surface area contributed by atoms with Crippen LogP contribution in [0.3, 0.4) is 0 Å². The van der Waals surface area contributed by atoms with Gasteiger partial charge in [-0.25, -0.2) is 4.98 Å². The van der Waals surface area contributed by atoms with Gasteiger partial charge in [0, 0.05) is 13.1 Å². The number of nitrogens with one attached hydrogen (secondary N) is 2. The number of hydrogen-bond acceptors (Lipinski definition) is 7. The Bertz CT molecular complexity index is 607. The van der Waals surface area contributed by atoms with Gasteiger partial charge in [-0.05, 0) is 0 Å². The van der Waals surface area contributed by atoms with Gasteiger partial charge in [0.25, 0.3) is 5.56 Å². The summed E-state index contributed by atoms with van der Waals surface area (Å²) in [6, 6.07) is 0. The van der Waals surface area contributed by atoms with Gasteiger partial charge in [0.05, 0.1) is 25.6 Å². The van der Waals surface area contributed by atoms with Crippen molar-refractivity contribution in [1.82, 2.24) is 24.8 Å². The molecule has 0 radical (unpaired) electrons. The van der Waals surface area contributed by atoms with E-state index >= 15 is 0 Å². The Kier molecular flexibility index (Phi) is 4.10. The van der Waals surface area contributed by atoms with Crippen LogP contribution in [0.25, 0.3) is 11.2 Å². The fourth-order valence-corrected chi connectivity index (χ4v) is 1.78. The second-order valence-electron chi connectivity index (χ2n) is 4.10. The molecule has 6 N–H and O–H groups in total. The zero-order valence-corrected chi connectivity index (χ0v) is 10.2. The summed E-state index contributed by atoms with van der Waals surface area (Å²) in [6.07, 6.45) is 0.725. The maximum Gasteiger partial charge on any atom is 0.278 e. The number of nitrogens with two attached hydrogens (primary N) is 1. The Morgan fingerprint density at radius 3 is 3.11 bits per heavy atom. The Hall–Kier alpha value is -1.97. The third kappa shape index (κ3) is 3.08. The number of nitrogen functional groups attached to an aromatic ring is 1. The molecule has 0 spiro atoms. The molecule has 0 aromatic carbocycles. The number of hydrogen-bond donors (Lipinski definition) is 5. The lowest BCUT2D eigenvalue weighted by atomic mass is 10.3. The molecule has 2 aromatic rings. The molecule has 1 atom stereocenters. The molecule has 0 aliphatic rings. The molecule has 1 unspecified atom stereocenters. The van der Waals surface area contributed by atoms with E-state index in [0.717, 1.165) is 0 Å². The lowest BCUT2D eigenvalue weighted by Crippen LogP contribution is -2.32. The lowest BCUT2D eigenvalue weighted by Gasteiger charge is -2.12. The van der Waals surface area contributed by atoms with Gasteiger partial charge in [-0.2, -0.15) is 4.98 Å². The van der Waals surface area contributed by atoms with Gasteiger partial charge in [0.1, 0.15) is 0 Å². The summed E-state index contributed by atoms with van der Waals surface area (Å²) >= 11 is 0. The summed E-state index contributed by atoms with van der Waals surface area (Å²) < 4.78 is 1.52. The van der Waals surface area contributed by atoms with Crippen LogP contribution in [-0.4, -0.2) is 55.5 Å². The monoisotopic (exact) mass is 268 g/mol. The number of H-pyrrole nitrogens is 1. The van der Waals surface area contributed by atoms with E-state index in [-0.39, 0.29) is 30.3 Å². The molecular formula is C10H16N6O3. The van der Waals surface area contributed by atoms with E-state index in [4.69, 9.17) is 10.8 Å². The summed E-state index contributed by atoms with van der Waals surface area (Å²) in [4.78, 5) is 22.0. The summed E-state index contributed by atoms with van der Waals surface area (Å²) in [7, 11) is 0. The smallest absolute Gasteiger partial charge is 0.278 e. The summed E-state index contributed by atoms with van der Waals surface area (Å²) in [6.45, 7) is 0.911. The number of nitrogens with zero attached hydrogens (tertiary/aromatic N) is 3. The van der Waals surface area contributed by atoms with Crippen molar-refractivity contribution >= 4 is 17.1 Å². The van der Waals surface area contributed by atoms with Crippen LogP contribution in [0.4, 0.5) is 5.95 Å². The molecule has 0 bridgehead atoms. The van der Waals surface area contributed by atoms with Crippen molar-refractivity contribution in [3.63, 3.8) is 0 Å². The second-order valence-corrected chi connectivity index (χ2v) is 4.10. The van der Waals surface area contributed by atoms with E-state index in [0.29, 0.717) is 13.1 Å². The molecule has 0 saturated heterocycles. The minimum absolute atomic E-state index is 0.00356. The van der Waals surface area contributed by atoms with Crippen molar-refractivity contribution in [3.8, 4) is 0 Å². The SMILES string of the molecule is Nc1nc2ncn(CC(O)CNCCO)c2c(=O)[nH]1. The van der Waals surface area contributed by atoms with Crippen LogP contribution in [0, 0.1) is 0 Å². The molecule has 0 amide bonds. The number of aliphatic hydroxyl groups excluding tert-OH is 2. The topological polar surface area (TPSA) is 142 Å². The maximum atomic E-state index is 11.8. The molecule has 9 heteroatoms. The highest BCUT2D eigenvalue weighted by Gasteiger charge is 2.12. The molecule has 0 saturated carbocycles. The molecular weight excluding hydrogens is 252 g/mol. The standard InChI is InChI=1S/C10H16N6O3/c11-10-14-8-7(9(19)15-10)16(5-13-8)4-6(18)3-12-1-2-17/h5-6,12,17-18H,1-4H2,(H3,11,14,15,19). The first-order valence-corrected chi connectivity index (χ1v) is 5.82. The van der Waals surface area contributed by atoms with Crippen molar-refractivity contribution in [2.75, 3.05) is 25.4 Å². The molecule has 0 aliphatic heterocycles. The third-order valence-electron chi connectivity index (χ3n) is 2.58. The van der Waals surface area contributed by atoms with Crippen LogP contribution < -0.4 is 16.6 Å². The van der Waals surface area contributed by atoms with E-state index in [1.807, 2.05) is 0 Å². The first kappa shape index (κ1) is 13.5. The Morgan fingerprint density at radius 2 is 2.37 bits per heavy atom. The zero-order chi connectivity index (χ0) is 13.8. The highest BCUT2D eigenvalue weighted by molar-refractivity contribution is 5.70. The molecule has 19 heavy (non-hydrogen) atoms. The molecule has 2 heterocycles. The van der Waals surface area contributed by atoms with Gasteiger partial charge < -0.3 is 25.8 Å². The summed E-state index contributed by atoms with van der Waals surface area (Å²) in [5.74, 6) is 0.00732. The normalized spacial score (nSPS) is 12.9. The average Bonchev–Trinajstić information content (AvgIpc) is 2.72. The van der Waals surface area contributed by atoms with Crippen molar-refractivity contribution in [2.24, 2.45) is 0 Å². The van der Waals surface area contributed by atoms with Gasteiger partial charge in [-0.1, -0.05) is 0 Å². The highest BCUT2D eigenvalue weighted by Crippen LogP contribution is 2.06. The first-order valence-electron chi connectivity index (χ1n) is 5.82. The number of aliphatic hydroxyl groups is 2. The predicted octanol–water partition coefficient (Wildman–Crippen LogP) is -2.36. The van der Waals surface area contributed by atoms with Crippen LogP contribution in [0.1, 0.15) is 0 Å². The quantitative estimate of drug-likeness (QED) is 0.369. The van der Waals surface area contributed by atoms with Crippen LogP contribution in [0.5, 0.6) is 0 Å². The average molecular weight is 268 g/mol. The van der Waals surface area contributed by atoms with E-state index in [1.54, 1.807) is 0 Å². The largest absolute Gasteiger partial charge is 0.395 e. The van der Waals surface area contributed by atoms with Crippen LogP contribution in [0.2, 0.25) is 0 Å². The zero-order valence-electron chi connectivity index (χ0n) is 10.2. The summed E-state index contributed by atoms with van der Waals surface area (Å²) in [5, 5.41) is 21.3. The van der Waals surface area contributed by atoms with Crippen LogP contribution in [-0.2, 0) is 6.54 Å². The predicted molar refractivity (Wildman–Crippen MR) is 68.5 cm³/mol. The van der Waals surface area contributed by atoms with Gasteiger partial charge in [0.15, 0.2) is 11.2 Å². The van der Waals surface area contributed by atoms with Gasteiger partial charge in [-0.15, -0.1) is 0 Å². The fourth-order valence-electron chi connectivity index (χ4n) is 1.78. The van der Waals surface area contributed by atoms with Crippen molar-refractivity contribution in [2.45, 2.75) is 12.6 Å². The Labute approximate surface area is 108 Å². The number of aromatic amines is 1. The molecule has 9 nitrogen and oxygen atoms in total. The van der Waals surface area contributed by atoms with Gasteiger partial charge >= 0.3 is 0 Å². The van der Waals surface area contributed by atoms with Crippen LogP contribution >= 0.6 is 0 Å². The Balaban J connectivity index is 2.15. The summed E-state index contributed by atoms with van der Waals surface area (Å²) in [5.41, 5.74) is 5.54. The number of anilines is 1. The second kappa shape index (κ2) is 5.78. The number of fused-ring (bicyclic) bond motifs is 1. The highest BCUT2D eigenvalue weighted by atomic mass is 16.3. The van der Waals surface area contributed by atoms with Crippen molar-refractivity contribution in [3.05, 3.63) is 16.7 Å². The first-order chi connectivity index (χ1) is 9.11. The minimum Gasteiger partial charge on any atom is -0.395 e. The molecule has 0 aliphatic carbocycles. The molecule has 2 rings (SSSR count). The number of aromatic nitrogens is 4. The maximum absolute atomic E-state index is 11.8. The van der Waals surface area contributed by atoms with Crippen molar-refractivity contribution < 1.29 is 10.2 Å². The van der Waals surface area contributed by atoms with Gasteiger partial charge in [0.2, 0.25) is 5.95 Å². The van der Waals surface area contributed by atoms with Crippen LogP contribution in [0.15, 0.2) is 11.1 Å².